The summed E-state index contributed by atoms with van der Waals surface area (Å²) in [6.45, 7) is 0. The van der Waals surface area contributed by atoms with Crippen molar-refractivity contribution in [2.45, 2.75) is 0 Å². The number of hydrogen-bond donors (Lipinski definition) is 2. The number of rotatable bonds is 5. The monoisotopic (exact) mass is 528 g/mol. The highest BCUT2D eigenvalue weighted by Gasteiger charge is 2.12. The van der Waals surface area contributed by atoms with E-state index in [1.807, 2.05) is 84.9 Å². The van der Waals surface area contributed by atoms with E-state index in [0.29, 0.717) is 22.2 Å². The molecule has 1 aromatic heterocycles. The predicted octanol–water partition coefficient (Wildman–Crippen LogP) is 7.71. The predicted molar refractivity (Wildman–Crippen MR) is 142 cm³/mol. The van der Waals surface area contributed by atoms with Crippen LogP contribution < -0.4 is 10.6 Å². The SMILES string of the molecule is O=C(Nc1ccc(Br)cc1)c1cccc(Nc2nc(-c3ccccc3)c3cc(Cl)ccc3n2)c1. The van der Waals surface area contributed by atoms with E-state index in [1.54, 1.807) is 12.1 Å². The van der Waals surface area contributed by atoms with Gasteiger partial charge in [0.2, 0.25) is 5.95 Å². The van der Waals surface area contributed by atoms with E-state index < -0.39 is 0 Å². The zero-order chi connectivity index (χ0) is 23.5. The van der Waals surface area contributed by atoms with E-state index >= 15 is 0 Å². The van der Waals surface area contributed by atoms with Gasteiger partial charge in [-0.05, 0) is 60.7 Å². The standard InChI is InChI=1S/C27H18BrClN4O/c28-19-9-12-21(13-10-19)30-26(34)18-7-4-8-22(15-18)31-27-32-24-14-11-20(29)16-23(24)25(33-27)17-5-2-1-3-6-17/h1-16H,(H,30,34)(H,31,32,33). The molecular formula is C27H18BrClN4O. The number of anilines is 3. The summed E-state index contributed by atoms with van der Waals surface area (Å²) in [7, 11) is 0. The summed E-state index contributed by atoms with van der Waals surface area (Å²) in [6.07, 6.45) is 0. The minimum Gasteiger partial charge on any atom is -0.324 e. The third-order valence-electron chi connectivity index (χ3n) is 5.19. The Kier molecular flexibility index (Phi) is 6.25. The molecule has 2 N–H and O–H groups in total. The molecular weight excluding hydrogens is 512 g/mol. The van der Waals surface area contributed by atoms with Gasteiger partial charge in [-0.1, -0.05) is 63.9 Å². The number of fused-ring (bicyclic) bond motifs is 1. The minimum atomic E-state index is -0.204. The van der Waals surface area contributed by atoms with Crippen molar-refractivity contribution in [3.63, 3.8) is 0 Å². The fourth-order valence-corrected chi connectivity index (χ4v) is 4.01. The Labute approximate surface area is 210 Å². The lowest BCUT2D eigenvalue weighted by Gasteiger charge is -2.12. The first-order valence-corrected chi connectivity index (χ1v) is 11.7. The van der Waals surface area contributed by atoms with Crippen LogP contribution in [0.2, 0.25) is 5.02 Å². The zero-order valence-electron chi connectivity index (χ0n) is 17.8. The summed E-state index contributed by atoms with van der Waals surface area (Å²) in [4.78, 5) is 22.2. The number of halogens is 2. The number of carbonyl (C=O) groups is 1. The average molecular weight is 530 g/mol. The van der Waals surface area contributed by atoms with Gasteiger partial charge in [0, 0.05) is 37.4 Å². The van der Waals surface area contributed by atoms with Gasteiger partial charge in [-0.15, -0.1) is 0 Å². The smallest absolute Gasteiger partial charge is 0.255 e. The number of amides is 1. The molecule has 7 heteroatoms. The van der Waals surface area contributed by atoms with Gasteiger partial charge >= 0.3 is 0 Å². The molecule has 0 saturated heterocycles. The summed E-state index contributed by atoms with van der Waals surface area (Å²) >= 11 is 9.65. The summed E-state index contributed by atoms with van der Waals surface area (Å²) in [5.74, 6) is 0.226. The molecule has 0 aliphatic carbocycles. The molecule has 0 fully saturated rings. The highest BCUT2D eigenvalue weighted by molar-refractivity contribution is 9.10. The van der Waals surface area contributed by atoms with Gasteiger partial charge in [-0.25, -0.2) is 9.97 Å². The van der Waals surface area contributed by atoms with Crippen molar-refractivity contribution in [3.05, 3.63) is 112 Å². The molecule has 0 bridgehead atoms. The Bertz CT molecular complexity index is 1490. The zero-order valence-corrected chi connectivity index (χ0v) is 20.1. The van der Waals surface area contributed by atoms with Crippen LogP contribution in [-0.2, 0) is 0 Å². The number of aromatic nitrogens is 2. The van der Waals surface area contributed by atoms with Crippen LogP contribution in [0.3, 0.4) is 0 Å². The molecule has 0 radical (unpaired) electrons. The molecule has 0 unspecified atom stereocenters. The Balaban J connectivity index is 1.46. The lowest BCUT2D eigenvalue weighted by atomic mass is 10.1. The van der Waals surface area contributed by atoms with E-state index in [4.69, 9.17) is 16.6 Å². The molecule has 5 aromatic rings. The topological polar surface area (TPSA) is 66.9 Å². The van der Waals surface area contributed by atoms with Crippen molar-refractivity contribution >= 4 is 61.7 Å². The molecule has 0 saturated carbocycles. The van der Waals surface area contributed by atoms with Gasteiger partial charge in [0.1, 0.15) is 0 Å². The Morgan fingerprint density at radius 1 is 0.794 bits per heavy atom. The molecule has 0 spiro atoms. The molecule has 166 valence electrons. The van der Waals surface area contributed by atoms with E-state index in [9.17, 15) is 4.79 Å². The summed E-state index contributed by atoms with van der Waals surface area (Å²) in [5.41, 5.74) is 4.45. The highest BCUT2D eigenvalue weighted by atomic mass is 79.9. The van der Waals surface area contributed by atoms with Gasteiger partial charge in [-0.2, -0.15) is 0 Å². The van der Waals surface area contributed by atoms with Crippen molar-refractivity contribution in [1.29, 1.82) is 0 Å². The van der Waals surface area contributed by atoms with Crippen molar-refractivity contribution < 1.29 is 4.79 Å². The first kappa shape index (κ1) is 22.1. The summed E-state index contributed by atoms with van der Waals surface area (Å²) in [5, 5.41) is 7.64. The molecule has 0 atom stereocenters. The van der Waals surface area contributed by atoms with E-state index in [2.05, 4.69) is 31.5 Å². The van der Waals surface area contributed by atoms with Gasteiger partial charge in [0.15, 0.2) is 0 Å². The van der Waals surface area contributed by atoms with Crippen molar-refractivity contribution in [2.75, 3.05) is 10.6 Å². The molecule has 1 amide bonds. The maximum absolute atomic E-state index is 12.8. The van der Waals surface area contributed by atoms with Crippen LogP contribution >= 0.6 is 27.5 Å². The van der Waals surface area contributed by atoms with E-state index in [1.165, 1.54) is 0 Å². The van der Waals surface area contributed by atoms with Crippen LogP contribution in [0, 0.1) is 0 Å². The third kappa shape index (κ3) is 4.93. The molecule has 4 aromatic carbocycles. The van der Waals surface area contributed by atoms with Crippen LogP contribution in [-0.4, -0.2) is 15.9 Å². The number of nitrogens with zero attached hydrogens (tertiary/aromatic N) is 2. The van der Waals surface area contributed by atoms with Crippen LogP contribution in [0.4, 0.5) is 17.3 Å². The second kappa shape index (κ2) is 9.63. The van der Waals surface area contributed by atoms with Gasteiger partial charge in [0.05, 0.1) is 11.2 Å². The van der Waals surface area contributed by atoms with E-state index in [-0.39, 0.29) is 5.91 Å². The number of nitrogens with one attached hydrogen (secondary N) is 2. The maximum atomic E-state index is 12.8. The van der Waals surface area contributed by atoms with Crippen molar-refractivity contribution in [1.82, 2.24) is 9.97 Å². The van der Waals surface area contributed by atoms with Gasteiger partial charge < -0.3 is 10.6 Å². The fourth-order valence-electron chi connectivity index (χ4n) is 3.58. The second-order valence-corrected chi connectivity index (χ2v) is 8.94. The molecule has 5 nitrogen and oxygen atoms in total. The second-order valence-electron chi connectivity index (χ2n) is 7.59. The Morgan fingerprint density at radius 2 is 1.59 bits per heavy atom. The lowest BCUT2D eigenvalue weighted by Crippen LogP contribution is -2.12. The molecule has 1 heterocycles. The first-order valence-electron chi connectivity index (χ1n) is 10.5. The van der Waals surface area contributed by atoms with Crippen LogP contribution in [0.5, 0.6) is 0 Å². The van der Waals surface area contributed by atoms with Crippen LogP contribution in [0.15, 0.2) is 102 Å². The summed E-state index contributed by atoms with van der Waals surface area (Å²) in [6, 6.07) is 30.1. The average Bonchev–Trinajstić information content (AvgIpc) is 2.86. The molecule has 0 aliphatic heterocycles. The lowest BCUT2D eigenvalue weighted by molar-refractivity contribution is 0.102. The van der Waals surface area contributed by atoms with Crippen molar-refractivity contribution in [2.24, 2.45) is 0 Å². The Morgan fingerprint density at radius 3 is 2.38 bits per heavy atom. The number of carbonyl (C=O) groups excluding carboxylic acids is 1. The molecule has 0 aliphatic rings. The van der Waals surface area contributed by atoms with E-state index in [0.717, 1.165) is 32.3 Å². The quantitative estimate of drug-likeness (QED) is 0.245. The molecule has 5 rings (SSSR count). The van der Waals surface area contributed by atoms with Crippen LogP contribution in [0.1, 0.15) is 10.4 Å². The Hall–Kier alpha value is -3.74. The van der Waals surface area contributed by atoms with Crippen molar-refractivity contribution in [3.8, 4) is 11.3 Å². The maximum Gasteiger partial charge on any atom is 0.255 e. The number of benzene rings is 4. The fraction of sp³-hybridized carbons (Fsp3) is 0. The van der Waals surface area contributed by atoms with Crippen LogP contribution in [0.25, 0.3) is 22.2 Å². The largest absolute Gasteiger partial charge is 0.324 e. The highest BCUT2D eigenvalue weighted by Crippen LogP contribution is 2.30. The molecule has 34 heavy (non-hydrogen) atoms. The first-order chi connectivity index (χ1) is 16.5. The normalized spacial score (nSPS) is 10.8. The minimum absolute atomic E-state index is 0.204. The van der Waals surface area contributed by atoms with Gasteiger partial charge in [0.25, 0.3) is 5.91 Å². The summed E-state index contributed by atoms with van der Waals surface area (Å²) < 4.78 is 0.948. The van der Waals surface area contributed by atoms with Gasteiger partial charge in [-0.3, -0.25) is 4.79 Å². The number of hydrogen-bond acceptors (Lipinski definition) is 4. The third-order valence-corrected chi connectivity index (χ3v) is 5.95.